The zero-order valence-electron chi connectivity index (χ0n) is 13.4. The van der Waals surface area contributed by atoms with Crippen molar-refractivity contribution < 1.29 is 4.79 Å². The Bertz CT molecular complexity index is 695. The van der Waals surface area contributed by atoms with Gasteiger partial charge in [-0.1, -0.05) is 23.9 Å². The van der Waals surface area contributed by atoms with Gasteiger partial charge in [0, 0.05) is 34.7 Å². The molecule has 0 unspecified atom stereocenters. The molecule has 8 heteroatoms. The van der Waals surface area contributed by atoms with Crippen LogP contribution in [-0.4, -0.2) is 34.9 Å². The van der Waals surface area contributed by atoms with E-state index in [1.165, 1.54) is 11.8 Å². The first-order valence-electron chi connectivity index (χ1n) is 7.57. The summed E-state index contributed by atoms with van der Waals surface area (Å²) in [6, 6.07) is 11.8. The summed E-state index contributed by atoms with van der Waals surface area (Å²) in [6.07, 6.45) is 3.50. The summed E-state index contributed by atoms with van der Waals surface area (Å²) in [6.45, 7) is 1.46. The normalized spacial score (nSPS) is 14.4. The number of halogens is 3. The molecule has 2 N–H and O–H groups in total. The molecule has 0 atom stereocenters. The molecule has 1 aromatic heterocycles. The quantitative estimate of drug-likeness (QED) is 0.731. The smallest absolute Gasteiger partial charge is 0.255 e. The molecule has 4 nitrogen and oxygen atoms in total. The van der Waals surface area contributed by atoms with Gasteiger partial charge in [0.1, 0.15) is 5.03 Å². The number of carbonyl (C=O) groups is 1. The summed E-state index contributed by atoms with van der Waals surface area (Å²) in [5.74, 6) is 0.0807. The van der Waals surface area contributed by atoms with Gasteiger partial charge in [-0.15, -0.1) is 24.8 Å². The lowest BCUT2D eigenvalue weighted by Crippen LogP contribution is -2.43. The summed E-state index contributed by atoms with van der Waals surface area (Å²) < 4.78 is 0.941. The lowest BCUT2D eigenvalue weighted by molar-refractivity contribution is 0.0711. The summed E-state index contributed by atoms with van der Waals surface area (Å²) in [7, 11) is 0. The highest BCUT2D eigenvalue weighted by Crippen LogP contribution is 2.30. The molecule has 1 aromatic carbocycles. The Morgan fingerprint density at radius 1 is 1.16 bits per heavy atom. The number of rotatable bonds is 3. The Kier molecular flexibility index (Phi) is 9.24. The highest BCUT2D eigenvalue weighted by atomic mass is 79.9. The third kappa shape index (κ3) is 5.86. The van der Waals surface area contributed by atoms with Crippen LogP contribution in [0, 0.1) is 0 Å². The number of hydrogen-bond acceptors (Lipinski definition) is 4. The van der Waals surface area contributed by atoms with Crippen molar-refractivity contribution in [2.45, 2.75) is 28.8 Å². The molecule has 2 aromatic rings. The maximum atomic E-state index is 12.8. The largest absolute Gasteiger partial charge is 0.338 e. The van der Waals surface area contributed by atoms with Crippen LogP contribution in [0.2, 0.25) is 0 Å². The molecule has 0 radical (unpaired) electrons. The lowest BCUT2D eigenvalue weighted by Gasteiger charge is -2.30. The Balaban J connectivity index is 0.00000156. The molecule has 1 aliphatic heterocycles. The van der Waals surface area contributed by atoms with E-state index in [4.69, 9.17) is 5.73 Å². The first kappa shape index (κ1) is 22.3. The second-order valence-electron chi connectivity index (χ2n) is 5.54. The van der Waals surface area contributed by atoms with Crippen LogP contribution in [0.5, 0.6) is 0 Å². The molecule has 0 aliphatic carbocycles. The Hall–Kier alpha value is -0.790. The van der Waals surface area contributed by atoms with E-state index >= 15 is 0 Å². The first-order chi connectivity index (χ1) is 11.1. The predicted molar refractivity (Wildman–Crippen MR) is 110 cm³/mol. The van der Waals surface area contributed by atoms with E-state index in [1.807, 2.05) is 41.3 Å². The number of pyridine rings is 1. The number of aromatic nitrogens is 1. The number of nitrogens with zero attached hydrogens (tertiary/aromatic N) is 2. The number of benzene rings is 1. The highest BCUT2D eigenvalue weighted by Gasteiger charge is 2.23. The van der Waals surface area contributed by atoms with Crippen molar-refractivity contribution in [1.82, 2.24) is 9.88 Å². The van der Waals surface area contributed by atoms with Gasteiger partial charge < -0.3 is 10.6 Å². The van der Waals surface area contributed by atoms with Crippen molar-refractivity contribution in [1.29, 1.82) is 0 Å². The van der Waals surface area contributed by atoms with Crippen LogP contribution in [0.25, 0.3) is 0 Å². The first-order valence-corrected chi connectivity index (χ1v) is 9.18. The van der Waals surface area contributed by atoms with Crippen molar-refractivity contribution in [2.75, 3.05) is 13.1 Å². The maximum Gasteiger partial charge on any atom is 0.255 e. The maximum absolute atomic E-state index is 12.8. The van der Waals surface area contributed by atoms with Crippen molar-refractivity contribution >= 4 is 58.4 Å². The van der Waals surface area contributed by atoms with Gasteiger partial charge in [-0.05, 0) is 53.0 Å². The van der Waals surface area contributed by atoms with Crippen LogP contribution < -0.4 is 5.73 Å². The molecule has 3 rings (SSSR count). The number of nitrogens with two attached hydrogens (primary N) is 1. The molecular formula is C17H20BrCl2N3OS. The summed E-state index contributed by atoms with van der Waals surface area (Å²) >= 11 is 4.89. The van der Waals surface area contributed by atoms with Crippen LogP contribution in [0.4, 0.5) is 0 Å². The van der Waals surface area contributed by atoms with Crippen LogP contribution in [-0.2, 0) is 0 Å². The minimum Gasteiger partial charge on any atom is -0.338 e. The van der Waals surface area contributed by atoms with E-state index in [0.29, 0.717) is 0 Å². The van der Waals surface area contributed by atoms with Crippen molar-refractivity contribution in [3.8, 4) is 0 Å². The van der Waals surface area contributed by atoms with E-state index in [2.05, 4.69) is 20.9 Å². The van der Waals surface area contributed by atoms with Gasteiger partial charge in [-0.3, -0.25) is 4.79 Å². The average Bonchev–Trinajstić information content (AvgIpc) is 2.57. The molecule has 1 fully saturated rings. The number of carbonyl (C=O) groups excluding carboxylic acids is 1. The van der Waals surface area contributed by atoms with Crippen LogP contribution in [0.3, 0.4) is 0 Å². The van der Waals surface area contributed by atoms with Gasteiger partial charge >= 0.3 is 0 Å². The van der Waals surface area contributed by atoms with Gasteiger partial charge in [0.15, 0.2) is 0 Å². The average molecular weight is 465 g/mol. The van der Waals surface area contributed by atoms with Crippen LogP contribution >= 0.6 is 52.5 Å². The Labute approximate surface area is 172 Å². The minimum absolute atomic E-state index is 0. The van der Waals surface area contributed by atoms with Gasteiger partial charge in [0.25, 0.3) is 5.91 Å². The Morgan fingerprint density at radius 2 is 1.84 bits per heavy atom. The molecule has 2 heterocycles. The second-order valence-corrected chi connectivity index (χ2v) is 7.52. The lowest BCUT2D eigenvalue weighted by atomic mass is 10.0. The molecule has 1 aliphatic rings. The second kappa shape index (κ2) is 10.4. The van der Waals surface area contributed by atoms with E-state index in [-0.39, 0.29) is 36.8 Å². The fourth-order valence-electron chi connectivity index (χ4n) is 2.54. The van der Waals surface area contributed by atoms with Gasteiger partial charge in [0.05, 0.1) is 5.56 Å². The summed E-state index contributed by atoms with van der Waals surface area (Å²) in [4.78, 5) is 20.0. The number of amides is 1. The highest BCUT2D eigenvalue weighted by molar-refractivity contribution is 9.10. The summed E-state index contributed by atoms with van der Waals surface area (Å²) in [5.41, 5.74) is 6.66. The number of hydrogen-bond donors (Lipinski definition) is 1. The molecular weight excluding hydrogens is 445 g/mol. The number of piperidine rings is 1. The van der Waals surface area contributed by atoms with E-state index in [9.17, 15) is 4.79 Å². The van der Waals surface area contributed by atoms with Crippen molar-refractivity contribution in [3.63, 3.8) is 0 Å². The zero-order valence-corrected chi connectivity index (χ0v) is 17.5. The van der Waals surface area contributed by atoms with Crippen molar-refractivity contribution in [3.05, 3.63) is 52.6 Å². The Morgan fingerprint density at radius 3 is 2.48 bits per heavy atom. The van der Waals surface area contributed by atoms with Gasteiger partial charge in [-0.2, -0.15) is 0 Å². The van der Waals surface area contributed by atoms with Gasteiger partial charge in [0.2, 0.25) is 0 Å². The fourth-order valence-corrected chi connectivity index (χ4v) is 3.65. The summed E-state index contributed by atoms with van der Waals surface area (Å²) in [5, 5.41) is 0.870. The van der Waals surface area contributed by atoms with Crippen LogP contribution in [0.15, 0.2) is 57.0 Å². The zero-order chi connectivity index (χ0) is 16.2. The van der Waals surface area contributed by atoms with Gasteiger partial charge in [-0.25, -0.2) is 4.98 Å². The molecule has 1 amide bonds. The van der Waals surface area contributed by atoms with E-state index < -0.39 is 0 Å². The molecule has 0 saturated carbocycles. The van der Waals surface area contributed by atoms with Crippen molar-refractivity contribution in [2.24, 2.45) is 5.73 Å². The topological polar surface area (TPSA) is 59.2 Å². The third-order valence-corrected chi connectivity index (χ3v) is 5.35. The molecule has 0 bridgehead atoms. The fraction of sp³-hybridized carbons (Fsp3) is 0.294. The van der Waals surface area contributed by atoms with E-state index in [0.717, 1.165) is 45.9 Å². The SMILES string of the molecule is Cl.Cl.NC1CCN(C(=O)c2ccccc2Sc2ccc(Br)cn2)CC1. The monoisotopic (exact) mass is 463 g/mol. The third-order valence-electron chi connectivity index (χ3n) is 3.86. The van der Waals surface area contributed by atoms with Crippen LogP contribution in [0.1, 0.15) is 23.2 Å². The van der Waals surface area contributed by atoms with E-state index in [1.54, 1.807) is 6.20 Å². The number of likely N-dealkylation sites (tertiary alicyclic amines) is 1. The molecule has 0 spiro atoms. The molecule has 25 heavy (non-hydrogen) atoms. The predicted octanol–water partition coefficient (Wildman–Crippen LogP) is 4.40. The molecule has 1 saturated heterocycles. The molecule has 136 valence electrons. The minimum atomic E-state index is 0. The standard InChI is InChI=1S/C17H18BrN3OS.2ClH/c18-12-5-6-16(20-11-12)23-15-4-2-1-3-14(15)17(22)21-9-7-13(19)8-10-21;;/h1-6,11,13H,7-10,19H2;2*1H.